The van der Waals surface area contributed by atoms with Gasteiger partial charge in [-0.25, -0.2) is 0 Å². The summed E-state index contributed by atoms with van der Waals surface area (Å²) in [5.74, 6) is 5.60. The molecule has 1 aromatic rings. The molecule has 2 rings (SSSR count). The van der Waals surface area contributed by atoms with Crippen LogP contribution in [0, 0.1) is 24.2 Å². The molecule has 1 aliphatic rings. The van der Waals surface area contributed by atoms with Gasteiger partial charge in [0.25, 0.3) is 0 Å². The van der Waals surface area contributed by atoms with Crippen LogP contribution in [0.5, 0.6) is 0 Å². The molecule has 3 heteroatoms. The molecule has 1 aliphatic carbocycles. The van der Waals surface area contributed by atoms with E-state index in [0.717, 1.165) is 42.5 Å². The monoisotopic (exact) mass is 271 g/mol. The molecular weight excluding hydrogens is 250 g/mol. The first-order valence-electron chi connectivity index (χ1n) is 7.06. The summed E-state index contributed by atoms with van der Waals surface area (Å²) in [4.78, 5) is 12.4. The van der Waals surface area contributed by atoms with E-state index in [-0.39, 0.29) is 17.9 Å². The van der Waals surface area contributed by atoms with Gasteiger partial charge in [0.15, 0.2) is 0 Å². The van der Waals surface area contributed by atoms with E-state index in [1.807, 2.05) is 32.0 Å². The smallest absolute Gasteiger partial charge is 0.230 e. The number of hydrogen-bond donors (Lipinski definition) is 2. The van der Waals surface area contributed by atoms with Crippen molar-refractivity contribution in [3.8, 4) is 11.8 Å². The average molecular weight is 271 g/mol. The molecule has 0 radical (unpaired) electrons. The van der Waals surface area contributed by atoms with Gasteiger partial charge in [0.1, 0.15) is 6.61 Å². The molecule has 1 saturated carbocycles. The highest BCUT2D eigenvalue weighted by Crippen LogP contribution is 2.38. The lowest BCUT2D eigenvalue weighted by molar-refractivity contribution is -0.124. The lowest BCUT2D eigenvalue weighted by Gasteiger charge is -2.22. The fourth-order valence-electron chi connectivity index (χ4n) is 2.73. The van der Waals surface area contributed by atoms with Gasteiger partial charge in [0.2, 0.25) is 5.91 Å². The van der Waals surface area contributed by atoms with Crippen molar-refractivity contribution < 1.29 is 9.90 Å². The van der Waals surface area contributed by atoms with Gasteiger partial charge in [0.05, 0.1) is 0 Å². The van der Waals surface area contributed by atoms with Crippen LogP contribution in [0.3, 0.4) is 0 Å². The molecule has 0 aromatic heterocycles. The molecule has 0 spiro atoms. The standard InChI is InChI=1S/C17H21NO2/c1-13-10-14(6-5-9-19)12-15(11-13)18-16(20)17(2)7-3-4-8-17/h10-12,19H,3-4,7-9H2,1-2H3,(H,18,20). The van der Waals surface area contributed by atoms with E-state index in [1.165, 1.54) is 0 Å². The Hall–Kier alpha value is -1.79. The quantitative estimate of drug-likeness (QED) is 0.813. The lowest BCUT2D eigenvalue weighted by atomic mass is 9.87. The minimum absolute atomic E-state index is 0.0988. The molecule has 2 N–H and O–H groups in total. The van der Waals surface area contributed by atoms with Gasteiger partial charge in [-0.1, -0.05) is 31.6 Å². The van der Waals surface area contributed by atoms with Crippen LogP contribution in [0.15, 0.2) is 18.2 Å². The molecule has 106 valence electrons. The Labute approximate surface area is 120 Å². The SMILES string of the molecule is Cc1cc(C#CCO)cc(NC(=O)C2(C)CCCC2)c1. The summed E-state index contributed by atoms with van der Waals surface area (Å²) < 4.78 is 0. The second-order valence-electron chi connectivity index (χ2n) is 5.77. The third-order valence-electron chi connectivity index (χ3n) is 3.90. The molecule has 0 heterocycles. The van der Waals surface area contributed by atoms with Crippen LogP contribution < -0.4 is 5.32 Å². The molecule has 3 nitrogen and oxygen atoms in total. The highest BCUT2D eigenvalue weighted by atomic mass is 16.2. The van der Waals surface area contributed by atoms with Gasteiger partial charge in [-0.2, -0.15) is 0 Å². The van der Waals surface area contributed by atoms with Gasteiger partial charge >= 0.3 is 0 Å². The maximum atomic E-state index is 12.4. The zero-order valence-corrected chi connectivity index (χ0v) is 12.1. The van der Waals surface area contributed by atoms with Gasteiger partial charge in [0, 0.05) is 16.7 Å². The van der Waals surface area contributed by atoms with Crippen molar-refractivity contribution in [3.63, 3.8) is 0 Å². The van der Waals surface area contributed by atoms with E-state index in [2.05, 4.69) is 17.2 Å². The van der Waals surface area contributed by atoms with Crippen LogP contribution >= 0.6 is 0 Å². The zero-order chi connectivity index (χ0) is 14.6. The van der Waals surface area contributed by atoms with Crippen LogP contribution in [0.1, 0.15) is 43.7 Å². The summed E-state index contributed by atoms with van der Waals surface area (Å²) in [6, 6.07) is 5.74. The minimum Gasteiger partial charge on any atom is -0.384 e. The highest BCUT2D eigenvalue weighted by Gasteiger charge is 2.36. The number of anilines is 1. The predicted molar refractivity (Wildman–Crippen MR) is 80.3 cm³/mol. The van der Waals surface area contributed by atoms with Crippen molar-refractivity contribution in [1.29, 1.82) is 0 Å². The first-order chi connectivity index (χ1) is 9.53. The summed E-state index contributed by atoms with van der Waals surface area (Å²) in [5.41, 5.74) is 2.40. The third-order valence-corrected chi connectivity index (χ3v) is 3.90. The van der Waals surface area contributed by atoms with E-state index in [9.17, 15) is 4.79 Å². The number of aliphatic hydroxyl groups is 1. The van der Waals surface area contributed by atoms with Crippen LogP contribution in [-0.4, -0.2) is 17.6 Å². The second-order valence-corrected chi connectivity index (χ2v) is 5.77. The van der Waals surface area contributed by atoms with Crippen LogP contribution in [0.25, 0.3) is 0 Å². The van der Waals surface area contributed by atoms with E-state index in [0.29, 0.717) is 0 Å². The Morgan fingerprint density at radius 1 is 1.35 bits per heavy atom. The van der Waals surface area contributed by atoms with Gasteiger partial charge in [-0.15, -0.1) is 0 Å². The average Bonchev–Trinajstić information content (AvgIpc) is 2.84. The van der Waals surface area contributed by atoms with E-state index in [1.54, 1.807) is 0 Å². The Morgan fingerprint density at radius 2 is 2.05 bits per heavy atom. The van der Waals surface area contributed by atoms with Crippen molar-refractivity contribution in [2.75, 3.05) is 11.9 Å². The summed E-state index contributed by atoms with van der Waals surface area (Å²) in [5, 5.41) is 11.8. The number of aliphatic hydroxyl groups excluding tert-OH is 1. The highest BCUT2D eigenvalue weighted by molar-refractivity contribution is 5.95. The summed E-state index contributed by atoms with van der Waals surface area (Å²) in [6.45, 7) is 3.85. The number of carbonyl (C=O) groups is 1. The Morgan fingerprint density at radius 3 is 2.70 bits per heavy atom. The number of rotatable bonds is 2. The molecule has 0 aliphatic heterocycles. The molecular formula is C17H21NO2. The molecule has 20 heavy (non-hydrogen) atoms. The molecule has 0 atom stereocenters. The largest absolute Gasteiger partial charge is 0.384 e. The number of nitrogens with one attached hydrogen (secondary N) is 1. The van der Waals surface area contributed by atoms with Gasteiger partial charge in [-0.05, 0) is 43.5 Å². The normalized spacial score (nSPS) is 16.4. The summed E-state index contributed by atoms with van der Waals surface area (Å²) in [7, 11) is 0. The molecule has 1 amide bonds. The Kier molecular flexibility index (Phi) is 4.46. The first kappa shape index (κ1) is 14.6. The topological polar surface area (TPSA) is 49.3 Å². The second kappa shape index (κ2) is 6.11. The van der Waals surface area contributed by atoms with Gasteiger partial charge < -0.3 is 10.4 Å². The van der Waals surface area contributed by atoms with Crippen molar-refractivity contribution in [2.45, 2.75) is 39.5 Å². The Bertz CT molecular complexity index is 560. The van der Waals surface area contributed by atoms with E-state index < -0.39 is 0 Å². The summed E-state index contributed by atoms with van der Waals surface area (Å²) >= 11 is 0. The lowest BCUT2D eigenvalue weighted by Crippen LogP contribution is -2.30. The van der Waals surface area contributed by atoms with E-state index >= 15 is 0 Å². The van der Waals surface area contributed by atoms with Crippen molar-refractivity contribution in [2.24, 2.45) is 5.41 Å². The maximum Gasteiger partial charge on any atom is 0.230 e. The fourth-order valence-corrected chi connectivity index (χ4v) is 2.73. The predicted octanol–water partition coefficient (Wildman–Crippen LogP) is 2.86. The summed E-state index contributed by atoms with van der Waals surface area (Å²) in [6.07, 6.45) is 4.18. The molecule has 0 unspecified atom stereocenters. The van der Waals surface area contributed by atoms with Crippen LogP contribution in [0.4, 0.5) is 5.69 Å². The zero-order valence-electron chi connectivity index (χ0n) is 12.1. The minimum atomic E-state index is -0.235. The number of amides is 1. The Balaban J connectivity index is 2.16. The molecule has 0 saturated heterocycles. The number of hydrogen-bond acceptors (Lipinski definition) is 2. The van der Waals surface area contributed by atoms with Gasteiger partial charge in [-0.3, -0.25) is 4.79 Å². The van der Waals surface area contributed by atoms with Crippen molar-refractivity contribution in [3.05, 3.63) is 29.3 Å². The fraction of sp³-hybridized carbons (Fsp3) is 0.471. The maximum absolute atomic E-state index is 12.4. The van der Waals surface area contributed by atoms with Crippen LogP contribution in [0.2, 0.25) is 0 Å². The molecule has 1 fully saturated rings. The van der Waals surface area contributed by atoms with Crippen LogP contribution in [-0.2, 0) is 4.79 Å². The number of carbonyl (C=O) groups excluding carboxylic acids is 1. The first-order valence-corrected chi connectivity index (χ1v) is 7.06. The third kappa shape index (κ3) is 3.40. The number of aryl methyl sites for hydroxylation is 1. The number of benzene rings is 1. The molecule has 0 bridgehead atoms. The van der Waals surface area contributed by atoms with E-state index in [4.69, 9.17) is 5.11 Å². The molecule has 1 aromatic carbocycles. The van der Waals surface area contributed by atoms with Crippen molar-refractivity contribution in [1.82, 2.24) is 0 Å². The van der Waals surface area contributed by atoms with Crippen molar-refractivity contribution >= 4 is 11.6 Å².